The van der Waals surface area contributed by atoms with Gasteiger partial charge in [0.2, 0.25) is 0 Å². The van der Waals surface area contributed by atoms with E-state index < -0.39 is 11.2 Å². The Kier molecular flexibility index (Phi) is 4.06. The third-order valence-electron chi connectivity index (χ3n) is 3.79. The lowest BCUT2D eigenvalue weighted by atomic mass is 9.81. The SMILES string of the molecule is CCOC(=O)C(CC)(CC)c1nc2c(F)cccc2[nH]1. The minimum Gasteiger partial charge on any atom is -0.465 e. The number of H-pyrrole nitrogens is 1. The Morgan fingerprint density at radius 2 is 2.05 bits per heavy atom. The molecular formula is C15H19FN2O2. The Hall–Kier alpha value is -1.91. The van der Waals surface area contributed by atoms with Crippen molar-refractivity contribution in [2.45, 2.75) is 39.0 Å². The van der Waals surface area contributed by atoms with Gasteiger partial charge in [-0.25, -0.2) is 9.37 Å². The Morgan fingerprint density at radius 1 is 1.35 bits per heavy atom. The summed E-state index contributed by atoms with van der Waals surface area (Å²) in [5, 5.41) is 0. The number of hydrogen-bond donors (Lipinski definition) is 1. The van der Waals surface area contributed by atoms with E-state index in [4.69, 9.17) is 4.74 Å². The summed E-state index contributed by atoms with van der Waals surface area (Å²) in [6.07, 6.45) is 1.09. The van der Waals surface area contributed by atoms with Crippen molar-refractivity contribution in [1.29, 1.82) is 0 Å². The number of ether oxygens (including phenoxy) is 1. The Bertz CT molecular complexity index is 617. The van der Waals surface area contributed by atoms with E-state index in [1.165, 1.54) is 6.07 Å². The van der Waals surface area contributed by atoms with Crippen LogP contribution >= 0.6 is 0 Å². The number of para-hydroxylation sites is 1. The highest BCUT2D eigenvalue weighted by molar-refractivity contribution is 5.84. The molecule has 1 heterocycles. The maximum atomic E-state index is 13.7. The van der Waals surface area contributed by atoms with Crippen molar-refractivity contribution in [2.75, 3.05) is 6.61 Å². The van der Waals surface area contributed by atoms with E-state index in [9.17, 15) is 9.18 Å². The summed E-state index contributed by atoms with van der Waals surface area (Å²) in [6, 6.07) is 4.72. The van der Waals surface area contributed by atoms with Gasteiger partial charge in [0.05, 0.1) is 12.1 Å². The maximum Gasteiger partial charge on any atom is 0.319 e. The number of benzene rings is 1. The van der Waals surface area contributed by atoms with Gasteiger partial charge < -0.3 is 9.72 Å². The van der Waals surface area contributed by atoms with Crippen LogP contribution in [0.1, 0.15) is 39.4 Å². The zero-order valence-electron chi connectivity index (χ0n) is 12.0. The molecule has 0 aliphatic heterocycles. The summed E-state index contributed by atoms with van der Waals surface area (Å²) in [7, 11) is 0. The van der Waals surface area contributed by atoms with E-state index in [0.29, 0.717) is 30.8 Å². The van der Waals surface area contributed by atoms with Gasteiger partial charge in [-0.2, -0.15) is 0 Å². The molecule has 0 spiro atoms. The van der Waals surface area contributed by atoms with Crippen LogP contribution in [0.3, 0.4) is 0 Å². The van der Waals surface area contributed by atoms with Crippen molar-refractivity contribution in [3.05, 3.63) is 29.8 Å². The average molecular weight is 278 g/mol. The molecule has 1 aromatic heterocycles. The number of imidazole rings is 1. The summed E-state index contributed by atoms with van der Waals surface area (Å²) in [4.78, 5) is 19.7. The molecule has 20 heavy (non-hydrogen) atoms. The minimum atomic E-state index is -0.846. The molecule has 4 nitrogen and oxygen atoms in total. The lowest BCUT2D eigenvalue weighted by Gasteiger charge is -2.26. The molecule has 0 radical (unpaired) electrons. The molecule has 108 valence electrons. The molecule has 0 amide bonds. The first-order valence-corrected chi connectivity index (χ1v) is 6.91. The van der Waals surface area contributed by atoms with Crippen molar-refractivity contribution in [2.24, 2.45) is 0 Å². The lowest BCUT2D eigenvalue weighted by Crippen LogP contribution is -2.37. The zero-order valence-corrected chi connectivity index (χ0v) is 12.0. The molecule has 5 heteroatoms. The first kappa shape index (κ1) is 14.5. The number of rotatable bonds is 5. The molecule has 0 atom stereocenters. The number of nitrogens with zero attached hydrogens (tertiary/aromatic N) is 1. The first-order valence-electron chi connectivity index (χ1n) is 6.91. The van der Waals surface area contributed by atoms with Gasteiger partial charge in [-0.15, -0.1) is 0 Å². The predicted octanol–water partition coefficient (Wildman–Crippen LogP) is 3.32. The van der Waals surface area contributed by atoms with E-state index in [-0.39, 0.29) is 11.5 Å². The van der Waals surface area contributed by atoms with Gasteiger partial charge in [0.1, 0.15) is 16.8 Å². The Labute approximate surface area is 117 Å². The third kappa shape index (κ3) is 2.17. The number of hydrogen-bond acceptors (Lipinski definition) is 3. The van der Waals surface area contributed by atoms with Crippen LogP contribution in [0.2, 0.25) is 0 Å². The average Bonchev–Trinajstić information content (AvgIpc) is 2.87. The van der Waals surface area contributed by atoms with Gasteiger partial charge in [-0.3, -0.25) is 4.79 Å². The van der Waals surface area contributed by atoms with E-state index in [2.05, 4.69) is 9.97 Å². The number of halogens is 1. The van der Waals surface area contributed by atoms with E-state index in [0.717, 1.165) is 0 Å². The van der Waals surface area contributed by atoms with Gasteiger partial charge in [0.15, 0.2) is 5.82 Å². The van der Waals surface area contributed by atoms with Crippen LogP contribution in [-0.4, -0.2) is 22.5 Å². The number of carbonyl (C=O) groups is 1. The molecular weight excluding hydrogens is 259 g/mol. The van der Waals surface area contributed by atoms with Crippen molar-refractivity contribution in [3.8, 4) is 0 Å². The summed E-state index contributed by atoms with van der Waals surface area (Å²) in [5.41, 5.74) is 0.00946. The molecule has 0 aliphatic carbocycles. The number of aromatic amines is 1. The Morgan fingerprint density at radius 3 is 2.60 bits per heavy atom. The summed E-state index contributed by atoms with van der Waals surface area (Å²) in [5.74, 6) is -0.236. The highest BCUT2D eigenvalue weighted by Crippen LogP contribution is 2.33. The molecule has 0 saturated heterocycles. The van der Waals surface area contributed by atoms with E-state index in [1.807, 2.05) is 13.8 Å². The number of esters is 1. The number of aromatic nitrogens is 2. The molecule has 0 aliphatic rings. The molecule has 0 saturated carbocycles. The van der Waals surface area contributed by atoms with Crippen LogP contribution in [0.25, 0.3) is 11.0 Å². The first-order chi connectivity index (χ1) is 9.58. The summed E-state index contributed by atoms with van der Waals surface area (Å²) in [6.45, 7) is 5.90. The van der Waals surface area contributed by atoms with E-state index in [1.54, 1.807) is 19.1 Å². The van der Waals surface area contributed by atoms with Crippen molar-refractivity contribution >= 4 is 17.0 Å². The Balaban J connectivity index is 2.57. The molecule has 2 rings (SSSR count). The largest absolute Gasteiger partial charge is 0.465 e. The van der Waals surface area contributed by atoms with Gasteiger partial charge in [-0.05, 0) is 31.9 Å². The zero-order chi connectivity index (χ0) is 14.8. The minimum absolute atomic E-state index is 0.262. The van der Waals surface area contributed by atoms with Gasteiger partial charge in [0, 0.05) is 0 Å². The number of carbonyl (C=O) groups excluding carboxylic acids is 1. The standard InChI is InChI=1S/C15H19FN2O2/c1-4-15(5-2,14(19)20-6-3)13-17-11-9-7-8-10(16)12(11)18-13/h7-9H,4-6H2,1-3H3,(H,17,18). The smallest absolute Gasteiger partial charge is 0.319 e. The van der Waals surface area contributed by atoms with Crippen LogP contribution in [-0.2, 0) is 14.9 Å². The summed E-state index contributed by atoms with van der Waals surface area (Å²) < 4.78 is 18.9. The van der Waals surface area contributed by atoms with Crippen LogP contribution in [0.5, 0.6) is 0 Å². The normalized spacial score (nSPS) is 11.8. The second kappa shape index (κ2) is 5.61. The molecule has 0 unspecified atom stereocenters. The van der Waals surface area contributed by atoms with Crippen LogP contribution in [0.4, 0.5) is 4.39 Å². The molecule has 1 N–H and O–H groups in total. The fourth-order valence-electron chi connectivity index (χ4n) is 2.46. The second-order valence-corrected chi connectivity index (χ2v) is 4.73. The summed E-state index contributed by atoms with van der Waals surface area (Å²) >= 11 is 0. The molecule has 0 bridgehead atoms. The lowest BCUT2D eigenvalue weighted by molar-refractivity contribution is -0.150. The fourth-order valence-corrected chi connectivity index (χ4v) is 2.46. The molecule has 2 aromatic rings. The van der Waals surface area contributed by atoms with Crippen molar-refractivity contribution < 1.29 is 13.9 Å². The van der Waals surface area contributed by atoms with Crippen LogP contribution in [0.15, 0.2) is 18.2 Å². The second-order valence-electron chi connectivity index (χ2n) is 4.73. The highest BCUT2D eigenvalue weighted by atomic mass is 19.1. The molecule has 1 aromatic carbocycles. The topological polar surface area (TPSA) is 55.0 Å². The van der Waals surface area contributed by atoms with Crippen molar-refractivity contribution in [1.82, 2.24) is 9.97 Å². The van der Waals surface area contributed by atoms with E-state index >= 15 is 0 Å². The monoisotopic (exact) mass is 278 g/mol. The van der Waals surface area contributed by atoms with Crippen LogP contribution < -0.4 is 0 Å². The third-order valence-corrected chi connectivity index (χ3v) is 3.79. The molecule has 0 fully saturated rings. The quantitative estimate of drug-likeness (QED) is 0.853. The van der Waals surface area contributed by atoms with Crippen LogP contribution in [0, 0.1) is 5.82 Å². The highest BCUT2D eigenvalue weighted by Gasteiger charge is 2.41. The number of fused-ring (bicyclic) bond motifs is 1. The van der Waals surface area contributed by atoms with Gasteiger partial charge in [-0.1, -0.05) is 19.9 Å². The van der Waals surface area contributed by atoms with Crippen molar-refractivity contribution in [3.63, 3.8) is 0 Å². The predicted molar refractivity (Wildman–Crippen MR) is 74.9 cm³/mol. The number of nitrogens with one attached hydrogen (secondary N) is 1. The van der Waals surface area contributed by atoms with Gasteiger partial charge in [0.25, 0.3) is 0 Å². The maximum absolute atomic E-state index is 13.7. The fraction of sp³-hybridized carbons (Fsp3) is 0.467. The van der Waals surface area contributed by atoms with Gasteiger partial charge >= 0.3 is 5.97 Å².